The lowest BCUT2D eigenvalue weighted by Gasteiger charge is -2.35. The largest absolute Gasteiger partial charge is 0.497 e. The third kappa shape index (κ3) is 3.60. The van der Waals surface area contributed by atoms with Crippen molar-refractivity contribution in [2.45, 2.75) is 4.90 Å². The summed E-state index contributed by atoms with van der Waals surface area (Å²) in [4.78, 5) is 2.24. The fourth-order valence-electron chi connectivity index (χ4n) is 3.00. The van der Waals surface area contributed by atoms with Crippen LogP contribution in [0.3, 0.4) is 0 Å². The van der Waals surface area contributed by atoms with Crippen molar-refractivity contribution in [1.29, 1.82) is 0 Å². The van der Waals surface area contributed by atoms with Gasteiger partial charge < -0.3 is 14.4 Å². The highest BCUT2D eigenvalue weighted by Gasteiger charge is 2.31. The maximum absolute atomic E-state index is 13.0. The van der Waals surface area contributed by atoms with E-state index in [4.69, 9.17) is 21.1 Å². The van der Waals surface area contributed by atoms with Crippen LogP contribution in [0.4, 0.5) is 5.69 Å². The molecule has 0 bridgehead atoms. The normalized spacial score (nSPS) is 15.7. The van der Waals surface area contributed by atoms with E-state index < -0.39 is 10.0 Å². The summed E-state index contributed by atoms with van der Waals surface area (Å²) in [6.07, 6.45) is 0. The third-order valence-corrected chi connectivity index (χ3v) is 6.68. The van der Waals surface area contributed by atoms with Crippen molar-refractivity contribution in [3.05, 3.63) is 47.5 Å². The van der Waals surface area contributed by atoms with Gasteiger partial charge in [0.25, 0.3) is 0 Å². The van der Waals surface area contributed by atoms with Crippen molar-refractivity contribution >= 4 is 27.3 Å². The molecule has 2 aromatic rings. The molecule has 1 fully saturated rings. The third-order valence-electron chi connectivity index (χ3n) is 4.42. The minimum absolute atomic E-state index is 0.145. The number of para-hydroxylation sites is 1. The summed E-state index contributed by atoms with van der Waals surface area (Å²) in [5.74, 6) is 0.822. The number of hydrogen-bond donors (Lipinski definition) is 0. The molecule has 1 aliphatic rings. The topological polar surface area (TPSA) is 59.1 Å². The number of piperazine rings is 1. The smallest absolute Gasteiger partial charge is 0.246 e. The Morgan fingerprint density at radius 3 is 2.27 bits per heavy atom. The predicted octanol–water partition coefficient (Wildman–Crippen LogP) is 2.87. The number of halogens is 1. The summed E-state index contributed by atoms with van der Waals surface area (Å²) in [5.41, 5.74) is 0.924. The van der Waals surface area contributed by atoms with Crippen molar-refractivity contribution < 1.29 is 17.9 Å². The van der Waals surface area contributed by atoms with Crippen LogP contribution in [0.5, 0.6) is 11.5 Å². The standard InChI is InChI=1S/C18H21ClN2O4S/c1-24-14-7-8-18(17(13-14)25-2)26(22,23)21-11-9-20(10-12-21)16-6-4-3-5-15(16)19/h3-8,13H,9-12H2,1-2H3. The quantitative estimate of drug-likeness (QED) is 0.777. The van der Waals surface area contributed by atoms with Crippen molar-refractivity contribution in [3.8, 4) is 11.5 Å². The maximum Gasteiger partial charge on any atom is 0.246 e. The van der Waals surface area contributed by atoms with Gasteiger partial charge in [-0.25, -0.2) is 8.42 Å². The summed E-state index contributed by atoms with van der Waals surface area (Å²) < 4.78 is 37.9. The fourth-order valence-corrected chi connectivity index (χ4v) is 4.82. The molecular weight excluding hydrogens is 376 g/mol. The Bertz CT molecular complexity index is 881. The Balaban J connectivity index is 1.79. The average molecular weight is 397 g/mol. The molecule has 0 aromatic heterocycles. The van der Waals surface area contributed by atoms with E-state index >= 15 is 0 Å². The van der Waals surface area contributed by atoms with E-state index in [-0.39, 0.29) is 10.6 Å². The summed E-state index contributed by atoms with van der Waals surface area (Å²) in [6, 6.07) is 12.3. The molecule has 0 radical (unpaired) electrons. The van der Waals surface area contributed by atoms with E-state index in [0.29, 0.717) is 37.0 Å². The number of anilines is 1. The summed E-state index contributed by atoms with van der Waals surface area (Å²) >= 11 is 6.25. The van der Waals surface area contributed by atoms with Gasteiger partial charge in [-0.05, 0) is 24.3 Å². The summed E-state index contributed by atoms with van der Waals surface area (Å²) in [7, 11) is -0.680. The molecule has 0 amide bonds. The Morgan fingerprint density at radius 1 is 0.962 bits per heavy atom. The van der Waals surface area contributed by atoms with Crippen LogP contribution in [0.15, 0.2) is 47.4 Å². The molecule has 0 saturated carbocycles. The number of nitrogens with zero attached hydrogens (tertiary/aromatic N) is 2. The first kappa shape index (κ1) is 18.8. The molecule has 26 heavy (non-hydrogen) atoms. The zero-order valence-corrected chi connectivity index (χ0v) is 16.3. The van der Waals surface area contributed by atoms with Gasteiger partial charge in [-0.15, -0.1) is 0 Å². The molecule has 1 saturated heterocycles. The molecule has 3 rings (SSSR count). The average Bonchev–Trinajstić information content (AvgIpc) is 2.68. The Kier molecular flexibility index (Phi) is 5.60. The molecule has 1 heterocycles. The highest BCUT2D eigenvalue weighted by atomic mass is 35.5. The number of rotatable bonds is 5. The molecule has 0 atom stereocenters. The summed E-state index contributed by atoms with van der Waals surface area (Å²) in [5, 5.41) is 0.667. The number of hydrogen-bond acceptors (Lipinski definition) is 5. The van der Waals surface area contributed by atoms with Crippen molar-refractivity contribution in [3.63, 3.8) is 0 Å². The van der Waals surface area contributed by atoms with E-state index in [0.717, 1.165) is 5.69 Å². The first-order valence-electron chi connectivity index (χ1n) is 8.19. The Hall–Kier alpha value is -1.96. The molecule has 0 N–H and O–H groups in total. The molecule has 8 heteroatoms. The van der Waals surface area contributed by atoms with Crippen LogP contribution in [0.2, 0.25) is 5.02 Å². The van der Waals surface area contributed by atoms with Crippen LogP contribution in [-0.2, 0) is 10.0 Å². The SMILES string of the molecule is COc1ccc(S(=O)(=O)N2CCN(c3ccccc3Cl)CC2)c(OC)c1. The van der Waals surface area contributed by atoms with Gasteiger partial charge in [0, 0.05) is 32.2 Å². The second kappa shape index (κ2) is 7.73. The van der Waals surface area contributed by atoms with E-state index in [1.807, 2.05) is 24.3 Å². The van der Waals surface area contributed by atoms with E-state index in [2.05, 4.69) is 4.90 Å². The molecule has 1 aliphatic heterocycles. The lowest BCUT2D eigenvalue weighted by Crippen LogP contribution is -2.48. The van der Waals surface area contributed by atoms with Crippen molar-refractivity contribution in [1.82, 2.24) is 4.31 Å². The Morgan fingerprint density at radius 2 is 1.65 bits per heavy atom. The van der Waals surface area contributed by atoms with E-state index in [1.54, 1.807) is 12.1 Å². The van der Waals surface area contributed by atoms with Gasteiger partial charge in [-0.1, -0.05) is 23.7 Å². The second-order valence-electron chi connectivity index (χ2n) is 5.86. The van der Waals surface area contributed by atoms with Crippen LogP contribution < -0.4 is 14.4 Å². The first-order chi connectivity index (χ1) is 12.5. The van der Waals surface area contributed by atoms with Gasteiger partial charge >= 0.3 is 0 Å². The molecule has 0 spiro atoms. The molecule has 0 unspecified atom stereocenters. The second-order valence-corrected chi connectivity index (χ2v) is 8.17. The van der Waals surface area contributed by atoms with Crippen molar-refractivity contribution in [2.24, 2.45) is 0 Å². The van der Waals surface area contributed by atoms with Crippen LogP contribution >= 0.6 is 11.6 Å². The van der Waals surface area contributed by atoms with E-state index in [9.17, 15) is 8.42 Å². The Labute approximate surface area is 158 Å². The predicted molar refractivity (Wildman–Crippen MR) is 102 cm³/mol. The summed E-state index contributed by atoms with van der Waals surface area (Å²) in [6.45, 7) is 1.90. The lowest BCUT2D eigenvalue weighted by atomic mass is 10.2. The number of ether oxygens (including phenoxy) is 2. The van der Waals surface area contributed by atoms with Gasteiger partial charge in [0.05, 0.1) is 24.9 Å². The molecule has 2 aromatic carbocycles. The van der Waals surface area contributed by atoms with Gasteiger partial charge in [0.2, 0.25) is 10.0 Å². The first-order valence-corrected chi connectivity index (χ1v) is 10.0. The zero-order chi connectivity index (χ0) is 18.7. The van der Waals surface area contributed by atoms with Crippen LogP contribution in [0.25, 0.3) is 0 Å². The molecule has 6 nitrogen and oxygen atoms in total. The molecule has 140 valence electrons. The molecule has 0 aliphatic carbocycles. The minimum Gasteiger partial charge on any atom is -0.497 e. The van der Waals surface area contributed by atoms with Gasteiger partial charge in [-0.3, -0.25) is 0 Å². The maximum atomic E-state index is 13.0. The van der Waals surface area contributed by atoms with Gasteiger partial charge in [-0.2, -0.15) is 4.31 Å². The van der Waals surface area contributed by atoms with E-state index in [1.165, 1.54) is 24.6 Å². The van der Waals surface area contributed by atoms with Crippen molar-refractivity contribution in [2.75, 3.05) is 45.3 Å². The fraction of sp³-hybridized carbons (Fsp3) is 0.333. The minimum atomic E-state index is -3.65. The lowest BCUT2D eigenvalue weighted by molar-refractivity contribution is 0.370. The highest BCUT2D eigenvalue weighted by Crippen LogP contribution is 2.32. The zero-order valence-electron chi connectivity index (χ0n) is 14.7. The highest BCUT2D eigenvalue weighted by molar-refractivity contribution is 7.89. The molecular formula is C18H21ClN2O4S. The van der Waals surface area contributed by atoms with Gasteiger partial charge in [0.1, 0.15) is 16.4 Å². The number of benzene rings is 2. The van der Waals surface area contributed by atoms with Crippen LogP contribution in [-0.4, -0.2) is 53.1 Å². The van der Waals surface area contributed by atoms with Gasteiger partial charge in [0.15, 0.2) is 0 Å². The number of methoxy groups -OCH3 is 2. The number of sulfonamides is 1. The van der Waals surface area contributed by atoms with Crippen LogP contribution in [0, 0.1) is 0 Å². The van der Waals surface area contributed by atoms with Crippen LogP contribution in [0.1, 0.15) is 0 Å². The monoisotopic (exact) mass is 396 g/mol.